The van der Waals surface area contributed by atoms with E-state index in [9.17, 15) is 9.59 Å². The summed E-state index contributed by atoms with van der Waals surface area (Å²) in [5.41, 5.74) is 0.223. The molecule has 0 saturated carbocycles. The molecule has 17 heavy (non-hydrogen) atoms. The zero-order valence-corrected chi connectivity index (χ0v) is 9.00. The Morgan fingerprint density at radius 1 is 1.65 bits per heavy atom. The van der Waals surface area contributed by atoms with Crippen molar-refractivity contribution in [3.05, 3.63) is 11.9 Å². The molecule has 1 saturated heterocycles. The summed E-state index contributed by atoms with van der Waals surface area (Å²) >= 11 is 0. The number of H-pyrrole nitrogens is 1. The van der Waals surface area contributed by atoms with Crippen LogP contribution in [0.5, 0.6) is 0 Å². The first-order valence-corrected chi connectivity index (χ1v) is 5.15. The number of ether oxygens (including phenoxy) is 1. The summed E-state index contributed by atoms with van der Waals surface area (Å²) in [6.07, 6.45) is 0.768. The highest BCUT2D eigenvalue weighted by Crippen LogP contribution is 2.11. The van der Waals surface area contributed by atoms with Gasteiger partial charge >= 0.3 is 5.97 Å². The Labute approximate surface area is 96.6 Å². The van der Waals surface area contributed by atoms with Crippen LogP contribution in [0.3, 0.4) is 0 Å². The van der Waals surface area contributed by atoms with Crippen molar-refractivity contribution in [2.75, 3.05) is 19.7 Å². The lowest BCUT2D eigenvalue weighted by molar-refractivity contribution is -0.141. The Morgan fingerprint density at radius 3 is 3.12 bits per heavy atom. The molecular weight excluding hydrogens is 228 g/mol. The summed E-state index contributed by atoms with van der Waals surface area (Å²) in [6.45, 7) is 1.03. The largest absolute Gasteiger partial charge is 0.481 e. The van der Waals surface area contributed by atoms with Crippen LogP contribution in [0.2, 0.25) is 0 Å². The first kappa shape index (κ1) is 11.5. The van der Waals surface area contributed by atoms with Gasteiger partial charge in [-0.15, -0.1) is 0 Å². The van der Waals surface area contributed by atoms with Crippen LogP contribution in [0.15, 0.2) is 6.20 Å². The summed E-state index contributed by atoms with van der Waals surface area (Å²) in [7, 11) is 0. The van der Waals surface area contributed by atoms with E-state index in [2.05, 4.69) is 15.4 Å². The minimum Gasteiger partial charge on any atom is -0.481 e. The zero-order chi connectivity index (χ0) is 12.3. The number of aromatic nitrogens is 3. The number of aromatic amines is 1. The molecule has 2 rings (SSSR count). The van der Waals surface area contributed by atoms with Crippen molar-refractivity contribution in [1.82, 2.24) is 20.3 Å². The van der Waals surface area contributed by atoms with Gasteiger partial charge in [-0.3, -0.25) is 9.59 Å². The number of hydrogen-bond donors (Lipinski definition) is 2. The van der Waals surface area contributed by atoms with Crippen molar-refractivity contribution in [2.45, 2.75) is 12.5 Å². The van der Waals surface area contributed by atoms with Crippen LogP contribution in [0, 0.1) is 0 Å². The predicted octanol–water partition coefficient (Wildman–Crippen LogP) is -0.880. The highest BCUT2D eigenvalue weighted by molar-refractivity contribution is 5.92. The topological polar surface area (TPSA) is 108 Å². The van der Waals surface area contributed by atoms with Crippen LogP contribution in [0.25, 0.3) is 0 Å². The number of rotatable bonds is 3. The molecule has 0 aromatic carbocycles. The maximum atomic E-state index is 11.9. The molecule has 1 fully saturated rings. The minimum atomic E-state index is -0.939. The molecule has 1 amide bonds. The fourth-order valence-corrected chi connectivity index (χ4v) is 1.69. The number of hydrogen-bond acceptors (Lipinski definition) is 5. The molecule has 1 aliphatic heterocycles. The van der Waals surface area contributed by atoms with Gasteiger partial charge in [0.05, 0.1) is 25.3 Å². The minimum absolute atomic E-state index is 0.109. The second-order valence-corrected chi connectivity index (χ2v) is 3.70. The van der Waals surface area contributed by atoms with E-state index >= 15 is 0 Å². The number of carbonyl (C=O) groups is 2. The Hall–Kier alpha value is -1.96. The van der Waals surface area contributed by atoms with Crippen LogP contribution in [0.1, 0.15) is 16.9 Å². The quantitative estimate of drug-likeness (QED) is 0.710. The highest BCUT2D eigenvalue weighted by Gasteiger charge is 2.27. The van der Waals surface area contributed by atoms with E-state index in [-0.39, 0.29) is 24.6 Å². The van der Waals surface area contributed by atoms with Crippen molar-refractivity contribution in [3.8, 4) is 0 Å². The first-order chi connectivity index (χ1) is 8.16. The van der Waals surface area contributed by atoms with Crippen molar-refractivity contribution in [1.29, 1.82) is 0 Å². The smallest absolute Gasteiger partial charge is 0.306 e. The lowest BCUT2D eigenvalue weighted by Gasteiger charge is -2.31. The highest BCUT2D eigenvalue weighted by atomic mass is 16.5. The molecule has 2 heterocycles. The van der Waals surface area contributed by atoms with Crippen LogP contribution >= 0.6 is 0 Å². The van der Waals surface area contributed by atoms with Gasteiger partial charge in [-0.2, -0.15) is 15.4 Å². The van der Waals surface area contributed by atoms with Gasteiger partial charge in [0, 0.05) is 13.1 Å². The number of aliphatic carboxylic acids is 1. The van der Waals surface area contributed by atoms with E-state index in [0.717, 1.165) is 0 Å². The van der Waals surface area contributed by atoms with Crippen molar-refractivity contribution >= 4 is 11.9 Å². The van der Waals surface area contributed by atoms with Crippen LogP contribution in [-0.4, -0.2) is 63.1 Å². The van der Waals surface area contributed by atoms with Crippen molar-refractivity contribution in [2.24, 2.45) is 0 Å². The normalized spacial score (nSPS) is 20.2. The van der Waals surface area contributed by atoms with Gasteiger partial charge in [0.25, 0.3) is 5.91 Å². The van der Waals surface area contributed by atoms with E-state index in [1.807, 2.05) is 0 Å². The lowest BCUT2D eigenvalue weighted by atomic mass is 10.2. The summed E-state index contributed by atoms with van der Waals surface area (Å²) in [5.74, 6) is -1.21. The van der Waals surface area contributed by atoms with E-state index in [4.69, 9.17) is 9.84 Å². The van der Waals surface area contributed by atoms with Gasteiger partial charge < -0.3 is 14.7 Å². The Bertz CT molecular complexity index is 405. The van der Waals surface area contributed by atoms with E-state index < -0.39 is 12.1 Å². The molecule has 1 aromatic heterocycles. The molecular formula is C9H12N4O4. The average molecular weight is 240 g/mol. The summed E-state index contributed by atoms with van der Waals surface area (Å²) in [6, 6.07) is 0. The first-order valence-electron chi connectivity index (χ1n) is 5.15. The number of carboxylic acids is 1. The monoisotopic (exact) mass is 240 g/mol. The third-order valence-corrected chi connectivity index (χ3v) is 2.46. The van der Waals surface area contributed by atoms with E-state index in [0.29, 0.717) is 13.2 Å². The Kier molecular flexibility index (Phi) is 3.33. The van der Waals surface area contributed by atoms with E-state index in [1.54, 1.807) is 0 Å². The number of nitrogens with zero attached hydrogens (tertiary/aromatic N) is 3. The predicted molar refractivity (Wildman–Crippen MR) is 54.3 cm³/mol. The third-order valence-electron chi connectivity index (χ3n) is 2.46. The van der Waals surface area contributed by atoms with Gasteiger partial charge in [-0.1, -0.05) is 0 Å². The van der Waals surface area contributed by atoms with Crippen LogP contribution < -0.4 is 0 Å². The Morgan fingerprint density at radius 2 is 2.47 bits per heavy atom. The van der Waals surface area contributed by atoms with Gasteiger partial charge in [0.15, 0.2) is 5.69 Å². The number of morpholine rings is 1. The molecule has 92 valence electrons. The third kappa shape index (κ3) is 2.78. The van der Waals surface area contributed by atoms with Crippen LogP contribution in [0.4, 0.5) is 0 Å². The van der Waals surface area contributed by atoms with Gasteiger partial charge in [-0.05, 0) is 0 Å². The Balaban J connectivity index is 1.97. The fraction of sp³-hybridized carbons (Fsp3) is 0.556. The molecule has 8 nitrogen and oxygen atoms in total. The molecule has 0 aliphatic carbocycles. The second kappa shape index (κ2) is 4.91. The van der Waals surface area contributed by atoms with Crippen molar-refractivity contribution < 1.29 is 19.4 Å². The van der Waals surface area contributed by atoms with Crippen LogP contribution in [-0.2, 0) is 9.53 Å². The SMILES string of the molecule is O=C(O)CC1CN(C(=O)c2cn[nH]n2)CCO1. The molecule has 1 unspecified atom stereocenters. The summed E-state index contributed by atoms with van der Waals surface area (Å²) in [5, 5.41) is 18.3. The number of carbonyl (C=O) groups excluding carboxylic acids is 1. The molecule has 1 aromatic rings. The molecule has 0 radical (unpaired) electrons. The zero-order valence-electron chi connectivity index (χ0n) is 9.00. The number of amides is 1. The molecule has 0 spiro atoms. The lowest BCUT2D eigenvalue weighted by Crippen LogP contribution is -2.46. The van der Waals surface area contributed by atoms with Crippen molar-refractivity contribution in [3.63, 3.8) is 0 Å². The van der Waals surface area contributed by atoms with Gasteiger partial charge in [-0.25, -0.2) is 0 Å². The van der Waals surface area contributed by atoms with Gasteiger partial charge in [0.2, 0.25) is 0 Å². The van der Waals surface area contributed by atoms with Gasteiger partial charge in [0.1, 0.15) is 0 Å². The molecule has 1 aliphatic rings. The summed E-state index contributed by atoms with van der Waals surface area (Å²) < 4.78 is 5.27. The fourth-order valence-electron chi connectivity index (χ4n) is 1.69. The van der Waals surface area contributed by atoms with E-state index in [1.165, 1.54) is 11.1 Å². The molecule has 2 N–H and O–H groups in total. The number of nitrogens with one attached hydrogen (secondary N) is 1. The average Bonchev–Trinajstić information content (AvgIpc) is 2.81. The number of carboxylic acid groups (broad SMARTS) is 1. The second-order valence-electron chi connectivity index (χ2n) is 3.70. The standard InChI is InChI=1S/C9H12N4O4/c14-8(15)3-6-5-13(1-2-17-6)9(16)7-4-10-12-11-7/h4,6H,1-3,5H2,(H,14,15)(H,10,11,12). The molecule has 0 bridgehead atoms. The molecule has 8 heteroatoms. The molecule has 1 atom stereocenters. The summed E-state index contributed by atoms with van der Waals surface area (Å²) in [4.78, 5) is 24.0. The maximum absolute atomic E-state index is 11.9. The maximum Gasteiger partial charge on any atom is 0.306 e.